The van der Waals surface area contributed by atoms with Crippen LogP contribution in [0.25, 0.3) is 10.2 Å². The first-order chi connectivity index (χ1) is 13.8. The predicted molar refractivity (Wildman–Crippen MR) is 113 cm³/mol. The molecule has 0 aliphatic carbocycles. The second-order valence-electron chi connectivity index (χ2n) is 6.64. The average molecular weight is 437 g/mol. The number of carbonyl (C=O) groups excluding carboxylic acids is 1. The molecule has 0 atom stereocenters. The lowest BCUT2D eigenvalue weighted by Gasteiger charge is -2.21. The molecule has 0 saturated carbocycles. The van der Waals surface area contributed by atoms with Crippen LogP contribution in [0.4, 0.5) is 15.2 Å². The molecule has 3 aromatic rings. The van der Waals surface area contributed by atoms with Crippen LogP contribution in [0.2, 0.25) is 5.02 Å². The summed E-state index contributed by atoms with van der Waals surface area (Å²) in [5, 5.41) is 11.6. The average Bonchev–Trinajstić information content (AvgIpc) is 3.07. The van der Waals surface area contributed by atoms with Crippen molar-refractivity contribution in [1.82, 2.24) is 9.88 Å². The topological polar surface area (TPSA) is 79.6 Å². The number of thiazole rings is 1. The van der Waals surface area contributed by atoms with Crippen LogP contribution < -0.4 is 4.90 Å². The van der Waals surface area contributed by atoms with Crippen LogP contribution in [-0.4, -0.2) is 47.9 Å². The molecule has 1 aromatic heterocycles. The van der Waals surface area contributed by atoms with E-state index in [-0.39, 0.29) is 22.1 Å². The Labute approximate surface area is 175 Å². The Bertz CT molecular complexity index is 1070. The van der Waals surface area contributed by atoms with Crippen molar-refractivity contribution in [2.24, 2.45) is 0 Å². The van der Waals surface area contributed by atoms with Gasteiger partial charge in [0, 0.05) is 18.7 Å². The molecule has 1 heterocycles. The smallest absolute Gasteiger partial charge is 0.270 e. The summed E-state index contributed by atoms with van der Waals surface area (Å²) in [6, 6.07) is 7.96. The molecule has 0 aliphatic heterocycles. The summed E-state index contributed by atoms with van der Waals surface area (Å²) in [7, 11) is 3.84. The van der Waals surface area contributed by atoms with E-state index in [4.69, 9.17) is 11.6 Å². The molecule has 0 aliphatic rings. The van der Waals surface area contributed by atoms with Crippen molar-refractivity contribution < 1.29 is 14.1 Å². The van der Waals surface area contributed by atoms with Gasteiger partial charge in [0.2, 0.25) is 0 Å². The fourth-order valence-electron chi connectivity index (χ4n) is 2.77. The quantitative estimate of drug-likeness (QED) is 0.399. The van der Waals surface area contributed by atoms with Crippen LogP contribution in [0.3, 0.4) is 0 Å². The van der Waals surface area contributed by atoms with Crippen molar-refractivity contribution in [2.45, 2.75) is 6.42 Å². The van der Waals surface area contributed by atoms with E-state index >= 15 is 0 Å². The van der Waals surface area contributed by atoms with Gasteiger partial charge >= 0.3 is 0 Å². The third-order valence-corrected chi connectivity index (χ3v) is 5.56. The minimum absolute atomic E-state index is 0.0242. The molecule has 152 valence electrons. The number of benzene rings is 2. The lowest BCUT2D eigenvalue weighted by Crippen LogP contribution is -2.33. The fourth-order valence-corrected chi connectivity index (χ4v) is 3.98. The third-order valence-electron chi connectivity index (χ3n) is 4.19. The number of hydrogen-bond acceptors (Lipinski definition) is 6. The highest BCUT2D eigenvalue weighted by atomic mass is 35.5. The zero-order valence-corrected chi connectivity index (χ0v) is 17.3. The van der Waals surface area contributed by atoms with E-state index in [1.54, 1.807) is 6.07 Å². The van der Waals surface area contributed by atoms with Crippen LogP contribution in [-0.2, 0) is 0 Å². The number of hydrogen-bond donors (Lipinski definition) is 0. The van der Waals surface area contributed by atoms with Crippen molar-refractivity contribution >= 4 is 49.9 Å². The minimum atomic E-state index is -0.579. The Kier molecular flexibility index (Phi) is 6.41. The van der Waals surface area contributed by atoms with Crippen molar-refractivity contribution in [1.29, 1.82) is 0 Å². The van der Waals surface area contributed by atoms with Gasteiger partial charge < -0.3 is 4.90 Å². The molecule has 0 spiro atoms. The van der Waals surface area contributed by atoms with Gasteiger partial charge in [-0.2, -0.15) is 0 Å². The van der Waals surface area contributed by atoms with Crippen LogP contribution in [0.5, 0.6) is 0 Å². The number of anilines is 1. The van der Waals surface area contributed by atoms with Gasteiger partial charge in [0.1, 0.15) is 5.82 Å². The summed E-state index contributed by atoms with van der Waals surface area (Å²) in [5.41, 5.74) is 0.371. The number of non-ortho nitro benzene ring substituents is 1. The van der Waals surface area contributed by atoms with Gasteiger partial charge in [0.05, 0.1) is 25.7 Å². The van der Waals surface area contributed by atoms with Gasteiger partial charge in [-0.25, -0.2) is 9.37 Å². The Balaban J connectivity index is 2.01. The highest BCUT2D eigenvalue weighted by Gasteiger charge is 2.25. The molecule has 0 unspecified atom stereocenters. The number of fused-ring (bicyclic) bond motifs is 1. The summed E-state index contributed by atoms with van der Waals surface area (Å²) in [5.74, 6) is -0.878. The Hall–Kier alpha value is -2.62. The predicted octanol–water partition coefficient (Wildman–Crippen LogP) is 4.60. The minimum Gasteiger partial charge on any atom is -0.309 e. The zero-order valence-electron chi connectivity index (χ0n) is 15.8. The van der Waals surface area contributed by atoms with E-state index in [1.807, 2.05) is 19.0 Å². The third kappa shape index (κ3) is 4.87. The molecule has 0 saturated heterocycles. The number of nitro groups is 1. The van der Waals surface area contributed by atoms with Crippen molar-refractivity contribution in [3.05, 3.63) is 62.9 Å². The maximum Gasteiger partial charge on any atom is 0.270 e. The molecule has 0 N–H and O–H groups in total. The number of nitro benzene ring substituents is 1. The van der Waals surface area contributed by atoms with E-state index in [0.717, 1.165) is 12.6 Å². The van der Waals surface area contributed by atoms with Crippen molar-refractivity contribution in [3.63, 3.8) is 0 Å². The Morgan fingerprint density at radius 1 is 1.24 bits per heavy atom. The SMILES string of the molecule is CN(C)CCCN(C(=O)c1cc([N+](=O)[O-])ccc1Cl)c1nc2ccc(F)cc2s1. The summed E-state index contributed by atoms with van der Waals surface area (Å²) in [4.78, 5) is 31.7. The van der Waals surface area contributed by atoms with E-state index in [2.05, 4.69) is 4.98 Å². The van der Waals surface area contributed by atoms with Crippen LogP contribution in [0, 0.1) is 15.9 Å². The molecule has 10 heteroatoms. The van der Waals surface area contributed by atoms with E-state index in [1.165, 1.54) is 40.5 Å². The maximum atomic E-state index is 13.5. The first kappa shape index (κ1) is 21.1. The highest BCUT2D eigenvalue weighted by molar-refractivity contribution is 7.22. The fraction of sp³-hybridized carbons (Fsp3) is 0.263. The molecule has 0 fully saturated rings. The standard InChI is InChI=1S/C19H18ClFN4O3S/c1-23(2)8-3-9-24(19-22-16-7-4-12(21)10-17(16)29-19)18(26)14-11-13(25(27)28)5-6-15(14)20/h4-7,10-11H,3,8-9H2,1-2H3. The number of halogens is 2. The van der Waals surface area contributed by atoms with Gasteiger partial charge in [0.25, 0.3) is 11.6 Å². The van der Waals surface area contributed by atoms with Crippen molar-refractivity contribution in [2.75, 3.05) is 32.1 Å². The van der Waals surface area contributed by atoms with E-state index < -0.39 is 10.8 Å². The number of nitrogens with zero attached hydrogens (tertiary/aromatic N) is 4. The van der Waals surface area contributed by atoms with Crippen molar-refractivity contribution in [3.8, 4) is 0 Å². The lowest BCUT2D eigenvalue weighted by molar-refractivity contribution is -0.384. The normalized spacial score (nSPS) is 11.2. The number of rotatable bonds is 7. The molecule has 2 aromatic carbocycles. The second kappa shape index (κ2) is 8.81. The number of amides is 1. The first-order valence-electron chi connectivity index (χ1n) is 8.73. The number of aromatic nitrogens is 1. The molecule has 7 nitrogen and oxygen atoms in total. The zero-order chi connectivity index (χ0) is 21.1. The lowest BCUT2D eigenvalue weighted by atomic mass is 10.1. The molecule has 29 heavy (non-hydrogen) atoms. The summed E-state index contributed by atoms with van der Waals surface area (Å²) < 4.78 is 14.2. The van der Waals surface area contributed by atoms with Crippen LogP contribution in [0.1, 0.15) is 16.8 Å². The largest absolute Gasteiger partial charge is 0.309 e. The van der Waals surface area contributed by atoms with Gasteiger partial charge in [-0.3, -0.25) is 19.8 Å². The van der Waals surface area contributed by atoms with E-state index in [9.17, 15) is 19.3 Å². The van der Waals surface area contributed by atoms with Crippen LogP contribution in [0.15, 0.2) is 36.4 Å². The van der Waals surface area contributed by atoms with Gasteiger partial charge in [0.15, 0.2) is 5.13 Å². The summed E-state index contributed by atoms with van der Waals surface area (Å²) in [6.07, 6.45) is 0.648. The molecule has 1 amide bonds. The van der Waals surface area contributed by atoms with Gasteiger partial charge in [-0.1, -0.05) is 22.9 Å². The number of carbonyl (C=O) groups is 1. The molecular weight excluding hydrogens is 419 g/mol. The molecule has 3 rings (SSSR count). The monoisotopic (exact) mass is 436 g/mol. The first-order valence-corrected chi connectivity index (χ1v) is 9.92. The van der Waals surface area contributed by atoms with Gasteiger partial charge in [-0.05, 0) is 51.3 Å². The molecular formula is C19H18ClFN4O3S. The van der Waals surface area contributed by atoms with Crippen LogP contribution >= 0.6 is 22.9 Å². The second-order valence-corrected chi connectivity index (χ2v) is 8.06. The Morgan fingerprint density at radius 2 is 2.00 bits per heavy atom. The molecule has 0 bridgehead atoms. The summed E-state index contributed by atoms with van der Waals surface area (Å²) in [6.45, 7) is 1.06. The summed E-state index contributed by atoms with van der Waals surface area (Å²) >= 11 is 7.35. The van der Waals surface area contributed by atoms with Gasteiger partial charge in [-0.15, -0.1) is 0 Å². The van der Waals surface area contributed by atoms with E-state index in [0.29, 0.717) is 28.3 Å². The molecule has 0 radical (unpaired) electrons. The Morgan fingerprint density at radius 3 is 2.69 bits per heavy atom. The maximum absolute atomic E-state index is 13.5. The highest BCUT2D eigenvalue weighted by Crippen LogP contribution is 2.32.